The minimum Gasteiger partial charge on any atom is -0.316 e. The lowest BCUT2D eigenvalue weighted by Gasteiger charge is -2.33. The van der Waals surface area contributed by atoms with E-state index >= 15 is 0 Å². The summed E-state index contributed by atoms with van der Waals surface area (Å²) in [7, 11) is 0. The largest absolute Gasteiger partial charge is 0.316 e. The van der Waals surface area contributed by atoms with Crippen molar-refractivity contribution in [3.8, 4) is 0 Å². The van der Waals surface area contributed by atoms with Crippen molar-refractivity contribution in [3.63, 3.8) is 0 Å². The van der Waals surface area contributed by atoms with Gasteiger partial charge >= 0.3 is 0 Å². The van der Waals surface area contributed by atoms with Crippen LogP contribution in [0.1, 0.15) is 33.4 Å². The normalized spacial score (nSPS) is 15.5. The van der Waals surface area contributed by atoms with Gasteiger partial charge in [-0.1, -0.05) is 27.7 Å². The Hall–Kier alpha value is -0.410. The molecule has 3 heteroatoms. The second-order valence-electron chi connectivity index (χ2n) is 4.75. The molecule has 1 aromatic heterocycles. The van der Waals surface area contributed by atoms with Crippen LogP contribution in [0.5, 0.6) is 0 Å². The number of aromatic nitrogens is 1. The van der Waals surface area contributed by atoms with Crippen LogP contribution in [0.4, 0.5) is 0 Å². The first-order chi connectivity index (χ1) is 7.08. The number of thiazole rings is 1. The van der Waals surface area contributed by atoms with E-state index in [1.54, 1.807) is 11.3 Å². The summed E-state index contributed by atoms with van der Waals surface area (Å²) in [6, 6.07) is 0. The lowest BCUT2D eigenvalue weighted by Crippen LogP contribution is -2.38. The van der Waals surface area contributed by atoms with Gasteiger partial charge in [0.1, 0.15) is 0 Å². The molecule has 1 N–H and O–H groups in total. The molecule has 0 aliphatic rings. The molecule has 1 atom stereocenters. The first-order valence-electron chi connectivity index (χ1n) is 5.66. The Bertz CT molecular complexity index is 269. The second kappa shape index (κ2) is 5.61. The second-order valence-corrected chi connectivity index (χ2v) is 5.46. The van der Waals surface area contributed by atoms with Gasteiger partial charge in [-0.25, -0.2) is 4.98 Å². The molecule has 1 heterocycles. The molecular formula is C12H22N2S. The maximum atomic E-state index is 4.38. The van der Waals surface area contributed by atoms with Gasteiger partial charge in [-0.2, -0.15) is 0 Å². The van der Waals surface area contributed by atoms with Crippen LogP contribution in [0.3, 0.4) is 0 Å². The van der Waals surface area contributed by atoms with Gasteiger partial charge in [0.2, 0.25) is 0 Å². The summed E-state index contributed by atoms with van der Waals surface area (Å²) in [4.78, 5) is 4.38. The first-order valence-corrected chi connectivity index (χ1v) is 6.60. The SMILES string of the molecule is CCNCC(C)(Cc1cscn1)C(C)C. The molecule has 0 aromatic carbocycles. The number of nitrogens with one attached hydrogen (secondary N) is 1. The Kier molecular flexibility index (Phi) is 4.74. The molecule has 1 unspecified atom stereocenters. The summed E-state index contributed by atoms with van der Waals surface area (Å²) < 4.78 is 0. The van der Waals surface area contributed by atoms with Gasteiger partial charge in [0.15, 0.2) is 0 Å². The first kappa shape index (κ1) is 12.7. The van der Waals surface area contributed by atoms with E-state index in [1.165, 1.54) is 5.69 Å². The zero-order valence-corrected chi connectivity index (χ0v) is 11.0. The van der Waals surface area contributed by atoms with Gasteiger partial charge in [0, 0.05) is 11.9 Å². The van der Waals surface area contributed by atoms with Crippen molar-refractivity contribution < 1.29 is 0 Å². The topological polar surface area (TPSA) is 24.9 Å². The standard InChI is InChI=1S/C12H22N2S/c1-5-13-8-12(4,10(2)3)6-11-7-15-9-14-11/h7,9-10,13H,5-6,8H2,1-4H3. The smallest absolute Gasteiger partial charge is 0.0794 e. The van der Waals surface area contributed by atoms with E-state index in [1.807, 2.05) is 5.51 Å². The number of nitrogens with zero attached hydrogens (tertiary/aromatic N) is 1. The summed E-state index contributed by atoms with van der Waals surface area (Å²) in [5.41, 5.74) is 3.46. The van der Waals surface area contributed by atoms with E-state index in [0.717, 1.165) is 19.5 Å². The van der Waals surface area contributed by atoms with Crippen LogP contribution in [0.15, 0.2) is 10.9 Å². The van der Waals surface area contributed by atoms with Gasteiger partial charge in [0.25, 0.3) is 0 Å². The molecule has 0 fully saturated rings. The maximum absolute atomic E-state index is 4.38. The summed E-state index contributed by atoms with van der Waals surface area (Å²) in [5.74, 6) is 0.665. The summed E-state index contributed by atoms with van der Waals surface area (Å²) >= 11 is 1.68. The van der Waals surface area contributed by atoms with E-state index in [0.29, 0.717) is 11.3 Å². The van der Waals surface area contributed by atoms with Crippen LogP contribution < -0.4 is 5.32 Å². The minimum atomic E-state index is 0.310. The van der Waals surface area contributed by atoms with E-state index < -0.39 is 0 Å². The summed E-state index contributed by atoms with van der Waals surface area (Å²) in [5, 5.41) is 5.62. The number of hydrogen-bond donors (Lipinski definition) is 1. The van der Waals surface area contributed by atoms with Crippen molar-refractivity contribution >= 4 is 11.3 Å². The molecule has 15 heavy (non-hydrogen) atoms. The molecule has 1 aromatic rings. The third-order valence-corrected chi connectivity index (χ3v) is 3.88. The molecule has 0 saturated carbocycles. The quantitative estimate of drug-likeness (QED) is 0.806. The maximum Gasteiger partial charge on any atom is 0.0794 e. The molecule has 1 rings (SSSR count). The van der Waals surface area contributed by atoms with Crippen LogP contribution in [-0.4, -0.2) is 18.1 Å². The van der Waals surface area contributed by atoms with Crippen LogP contribution in [-0.2, 0) is 6.42 Å². The van der Waals surface area contributed by atoms with Crippen LogP contribution >= 0.6 is 11.3 Å². The van der Waals surface area contributed by atoms with Gasteiger partial charge in [0.05, 0.1) is 11.2 Å². The average molecular weight is 226 g/mol. The van der Waals surface area contributed by atoms with E-state index in [9.17, 15) is 0 Å². The van der Waals surface area contributed by atoms with Crippen molar-refractivity contribution in [2.45, 2.75) is 34.1 Å². The highest BCUT2D eigenvalue weighted by Gasteiger charge is 2.28. The summed E-state index contributed by atoms with van der Waals surface area (Å²) in [6.07, 6.45) is 1.07. The third-order valence-electron chi connectivity index (χ3n) is 3.24. The fourth-order valence-corrected chi connectivity index (χ4v) is 2.18. The Morgan fingerprint density at radius 2 is 2.27 bits per heavy atom. The van der Waals surface area contributed by atoms with Crippen molar-refractivity contribution in [2.24, 2.45) is 11.3 Å². The van der Waals surface area contributed by atoms with E-state index in [2.05, 4.69) is 43.4 Å². The molecule has 0 aliphatic heterocycles. The molecule has 0 aliphatic carbocycles. The Balaban J connectivity index is 2.64. The predicted molar refractivity (Wildman–Crippen MR) is 67.3 cm³/mol. The molecule has 0 spiro atoms. The zero-order valence-electron chi connectivity index (χ0n) is 10.2. The predicted octanol–water partition coefficient (Wildman–Crippen LogP) is 2.96. The molecule has 86 valence electrons. The molecule has 2 nitrogen and oxygen atoms in total. The monoisotopic (exact) mass is 226 g/mol. The number of hydrogen-bond acceptors (Lipinski definition) is 3. The van der Waals surface area contributed by atoms with Gasteiger partial charge in [-0.15, -0.1) is 11.3 Å². The molecule has 0 radical (unpaired) electrons. The minimum absolute atomic E-state index is 0.310. The lowest BCUT2D eigenvalue weighted by atomic mass is 9.75. The van der Waals surface area contributed by atoms with Gasteiger partial charge in [-0.05, 0) is 24.3 Å². The lowest BCUT2D eigenvalue weighted by molar-refractivity contribution is 0.207. The summed E-state index contributed by atoms with van der Waals surface area (Å²) in [6.45, 7) is 11.2. The van der Waals surface area contributed by atoms with Crippen molar-refractivity contribution in [1.82, 2.24) is 10.3 Å². The highest BCUT2D eigenvalue weighted by Crippen LogP contribution is 2.30. The highest BCUT2D eigenvalue weighted by atomic mass is 32.1. The Morgan fingerprint density at radius 1 is 1.53 bits per heavy atom. The Labute approximate surface area is 97.1 Å². The third kappa shape index (κ3) is 3.58. The van der Waals surface area contributed by atoms with Crippen LogP contribution in [0.2, 0.25) is 0 Å². The van der Waals surface area contributed by atoms with Crippen molar-refractivity contribution in [3.05, 3.63) is 16.6 Å². The fraction of sp³-hybridized carbons (Fsp3) is 0.750. The average Bonchev–Trinajstić information content (AvgIpc) is 2.67. The van der Waals surface area contributed by atoms with Gasteiger partial charge < -0.3 is 5.32 Å². The molecular weight excluding hydrogens is 204 g/mol. The highest BCUT2D eigenvalue weighted by molar-refractivity contribution is 7.07. The van der Waals surface area contributed by atoms with Crippen molar-refractivity contribution in [2.75, 3.05) is 13.1 Å². The van der Waals surface area contributed by atoms with Crippen LogP contribution in [0, 0.1) is 11.3 Å². The molecule has 0 amide bonds. The van der Waals surface area contributed by atoms with Gasteiger partial charge in [-0.3, -0.25) is 0 Å². The number of rotatable bonds is 6. The van der Waals surface area contributed by atoms with Crippen LogP contribution in [0.25, 0.3) is 0 Å². The van der Waals surface area contributed by atoms with E-state index in [-0.39, 0.29) is 0 Å². The van der Waals surface area contributed by atoms with E-state index in [4.69, 9.17) is 0 Å². The Morgan fingerprint density at radius 3 is 2.73 bits per heavy atom. The molecule has 0 saturated heterocycles. The fourth-order valence-electron chi connectivity index (χ4n) is 1.62. The van der Waals surface area contributed by atoms with Crippen molar-refractivity contribution in [1.29, 1.82) is 0 Å². The zero-order chi connectivity index (χ0) is 11.3. The molecule has 0 bridgehead atoms.